The number of nitrogens with zero attached hydrogens (tertiary/aromatic N) is 1. The van der Waals surface area contributed by atoms with E-state index in [1.165, 1.54) is 18.2 Å². The molecule has 2 rings (SSSR count). The first kappa shape index (κ1) is 15.5. The molecule has 0 bridgehead atoms. The summed E-state index contributed by atoms with van der Waals surface area (Å²) in [5, 5.41) is 13.8. The zero-order valence-electron chi connectivity index (χ0n) is 10.9. The van der Waals surface area contributed by atoms with Gasteiger partial charge in [0, 0.05) is 32.9 Å². The van der Waals surface area contributed by atoms with E-state index in [1.54, 1.807) is 25.1 Å². The van der Waals surface area contributed by atoms with Crippen LogP contribution in [0.1, 0.15) is 15.9 Å². The molecule has 2 aromatic carbocycles. The maximum atomic E-state index is 12.2. The lowest BCUT2D eigenvalue weighted by Gasteiger charge is -2.09. The predicted molar refractivity (Wildman–Crippen MR) is 84.9 cm³/mol. The molecule has 0 radical (unpaired) electrons. The third-order valence-corrected chi connectivity index (χ3v) is 3.47. The third kappa shape index (κ3) is 3.80. The van der Waals surface area contributed by atoms with Gasteiger partial charge in [0.05, 0.1) is 4.92 Å². The Morgan fingerprint density at radius 2 is 2.00 bits per heavy atom. The van der Waals surface area contributed by atoms with Crippen molar-refractivity contribution in [2.24, 2.45) is 0 Å². The number of carbonyl (C=O) groups excluding carboxylic acids is 1. The monoisotopic (exact) mass is 368 g/mol. The lowest BCUT2D eigenvalue weighted by atomic mass is 10.1. The number of non-ortho nitro benzene ring substituents is 1. The van der Waals surface area contributed by atoms with Crippen molar-refractivity contribution in [3.05, 3.63) is 67.1 Å². The minimum Gasteiger partial charge on any atom is -0.322 e. The van der Waals surface area contributed by atoms with Gasteiger partial charge in [0.1, 0.15) is 0 Å². The molecule has 0 aliphatic rings. The number of nitro benzene ring substituents is 1. The Hall–Kier alpha value is -1.92. The second kappa shape index (κ2) is 6.24. The molecule has 0 aliphatic carbocycles. The van der Waals surface area contributed by atoms with Crippen molar-refractivity contribution in [1.82, 2.24) is 0 Å². The van der Waals surface area contributed by atoms with Crippen molar-refractivity contribution in [3.63, 3.8) is 0 Å². The molecule has 21 heavy (non-hydrogen) atoms. The van der Waals surface area contributed by atoms with Gasteiger partial charge in [0.2, 0.25) is 0 Å². The van der Waals surface area contributed by atoms with Crippen LogP contribution in [0.2, 0.25) is 5.02 Å². The summed E-state index contributed by atoms with van der Waals surface area (Å²) in [6, 6.07) is 9.12. The highest BCUT2D eigenvalue weighted by Crippen LogP contribution is 2.23. The van der Waals surface area contributed by atoms with Crippen LogP contribution in [-0.4, -0.2) is 10.8 Å². The number of aryl methyl sites for hydroxylation is 1. The molecule has 1 amide bonds. The maximum absolute atomic E-state index is 12.2. The highest BCUT2D eigenvalue weighted by molar-refractivity contribution is 9.10. The van der Waals surface area contributed by atoms with Gasteiger partial charge in [-0.2, -0.15) is 0 Å². The SMILES string of the molecule is Cc1cc([N+](=O)[O-])ccc1NC(=O)c1cc(Cl)cc(Br)c1. The number of amides is 1. The van der Waals surface area contributed by atoms with E-state index in [0.29, 0.717) is 26.3 Å². The van der Waals surface area contributed by atoms with E-state index in [-0.39, 0.29) is 11.6 Å². The molecule has 0 spiro atoms. The zero-order chi connectivity index (χ0) is 15.6. The van der Waals surface area contributed by atoms with Gasteiger partial charge in [0.25, 0.3) is 11.6 Å². The largest absolute Gasteiger partial charge is 0.322 e. The molecule has 0 unspecified atom stereocenters. The molecule has 0 aromatic heterocycles. The summed E-state index contributed by atoms with van der Waals surface area (Å²) in [6.07, 6.45) is 0. The van der Waals surface area contributed by atoms with Gasteiger partial charge >= 0.3 is 0 Å². The van der Waals surface area contributed by atoms with Crippen LogP contribution >= 0.6 is 27.5 Å². The van der Waals surface area contributed by atoms with Crippen LogP contribution in [0.5, 0.6) is 0 Å². The lowest BCUT2D eigenvalue weighted by molar-refractivity contribution is -0.384. The summed E-state index contributed by atoms with van der Waals surface area (Å²) in [4.78, 5) is 22.4. The fraction of sp³-hybridized carbons (Fsp3) is 0.0714. The highest BCUT2D eigenvalue weighted by atomic mass is 79.9. The van der Waals surface area contributed by atoms with E-state index in [0.717, 1.165) is 0 Å². The van der Waals surface area contributed by atoms with Gasteiger partial charge in [-0.05, 0) is 36.8 Å². The van der Waals surface area contributed by atoms with Gasteiger partial charge in [-0.25, -0.2) is 0 Å². The molecule has 0 saturated carbocycles. The molecular weight excluding hydrogens is 360 g/mol. The van der Waals surface area contributed by atoms with Crippen molar-refractivity contribution < 1.29 is 9.72 Å². The summed E-state index contributed by atoms with van der Waals surface area (Å²) >= 11 is 9.17. The number of hydrogen-bond donors (Lipinski definition) is 1. The molecule has 0 fully saturated rings. The Morgan fingerprint density at radius 3 is 2.57 bits per heavy atom. The van der Waals surface area contributed by atoms with Crippen LogP contribution in [0.25, 0.3) is 0 Å². The standard InChI is InChI=1S/C14H10BrClN2O3/c1-8-4-12(18(20)21)2-3-13(8)17-14(19)9-5-10(15)7-11(16)6-9/h2-7H,1H3,(H,17,19). The van der Waals surface area contributed by atoms with Crippen molar-refractivity contribution in [3.8, 4) is 0 Å². The first-order chi connectivity index (χ1) is 9.86. The minimum absolute atomic E-state index is 0.0176. The van der Waals surface area contributed by atoms with Crippen LogP contribution in [0.4, 0.5) is 11.4 Å². The molecule has 5 nitrogen and oxygen atoms in total. The number of benzene rings is 2. The average molecular weight is 370 g/mol. The average Bonchev–Trinajstić information content (AvgIpc) is 2.39. The van der Waals surface area contributed by atoms with Crippen LogP contribution in [0.3, 0.4) is 0 Å². The lowest BCUT2D eigenvalue weighted by Crippen LogP contribution is -2.12. The van der Waals surface area contributed by atoms with Gasteiger partial charge < -0.3 is 5.32 Å². The number of nitro groups is 1. The molecular formula is C14H10BrClN2O3. The fourth-order valence-corrected chi connectivity index (χ4v) is 2.64. The Balaban J connectivity index is 2.25. The fourth-order valence-electron chi connectivity index (χ4n) is 1.78. The summed E-state index contributed by atoms with van der Waals surface area (Å²) < 4.78 is 0.695. The molecule has 0 saturated heterocycles. The first-order valence-electron chi connectivity index (χ1n) is 5.89. The minimum atomic E-state index is -0.479. The van der Waals surface area contributed by atoms with E-state index >= 15 is 0 Å². The summed E-state index contributed by atoms with van der Waals surface area (Å²) in [6.45, 7) is 1.69. The first-order valence-corrected chi connectivity index (χ1v) is 7.06. The number of rotatable bonds is 3. The van der Waals surface area contributed by atoms with E-state index < -0.39 is 4.92 Å². The van der Waals surface area contributed by atoms with Gasteiger partial charge in [0.15, 0.2) is 0 Å². The van der Waals surface area contributed by atoms with Crippen LogP contribution < -0.4 is 5.32 Å². The zero-order valence-corrected chi connectivity index (χ0v) is 13.2. The highest BCUT2D eigenvalue weighted by Gasteiger charge is 2.12. The predicted octanol–water partition coefficient (Wildman–Crippen LogP) is 4.57. The van der Waals surface area contributed by atoms with Crippen molar-refractivity contribution in [2.45, 2.75) is 6.92 Å². The van der Waals surface area contributed by atoms with E-state index in [2.05, 4.69) is 21.2 Å². The molecule has 108 valence electrons. The number of halogens is 2. The second-order valence-electron chi connectivity index (χ2n) is 4.37. The number of carbonyl (C=O) groups is 1. The van der Waals surface area contributed by atoms with E-state index in [9.17, 15) is 14.9 Å². The van der Waals surface area contributed by atoms with E-state index in [4.69, 9.17) is 11.6 Å². The smallest absolute Gasteiger partial charge is 0.269 e. The summed E-state index contributed by atoms with van der Waals surface area (Å²) in [5.74, 6) is -0.338. The van der Waals surface area contributed by atoms with Crippen molar-refractivity contribution >= 4 is 44.8 Å². The van der Waals surface area contributed by atoms with E-state index in [1.807, 2.05) is 0 Å². The number of nitrogens with one attached hydrogen (secondary N) is 1. The molecule has 1 N–H and O–H groups in total. The van der Waals surface area contributed by atoms with Gasteiger partial charge in [-0.15, -0.1) is 0 Å². The Labute approximate surface area is 134 Å². The molecule has 0 atom stereocenters. The second-order valence-corrected chi connectivity index (χ2v) is 5.72. The van der Waals surface area contributed by atoms with Crippen molar-refractivity contribution in [1.29, 1.82) is 0 Å². The molecule has 0 heterocycles. The van der Waals surface area contributed by atoms with Crippen LogP contribution in [0, 0.1) is 17.0 Å². The third-order valence-electron chi connectivity index (χ3n) is 2.79. The Bertz CT molecular complexity index is 714. The topological polar surface area (TPSA) is 72.2 Å². The molecule has 0 aliphatic heterocycles. The van der Waals surface area contributed by atoms with Gasteiger partial charge in [-0.3, -0.25) is 14.9 Å². The quantitative estimate of drug-likeness (QED) is 0.636. The Morgan fingerprint density at radius 1 is 1.29 bits per heavy atom. The number of hydrogen-bond acceptors (Lipinski definition) is 3. The molecule has 7 heteroatoms. The summed E-state index contributed by atoms with van der Waals surface area (Å²) in [5.41, 5.74) is 1.50. The van der Waals surface area contributed by atoms with Gasteiger partial charge in [-0.1, -0.05) is 27.5 Å². The molecule has 2 aromatic rings. The van der Waals surface area contributed by atoms with Crippen LogP contribution in [-0.2, 0) is 0 Å². The summed E-state index contributed by atoms with van der Waals surface area (Å²) in [7, 11) is 0. The maximum Gasteiger partial charge on any atom is 0.269 e. The van der Waals surface area contributed by atoms with Crippen LogP contribution in [0.15, 0.2) is 40.9 Å². The Kier molecular flexibility index (Phi) is 4.59. The number of anilines is 1. The normalized spacial score (nSPS) is 10.2. The van der Waals surface area contributed by atoms with Crippen molar-refractivity contribution in [2.75, 3.05) is 5.32 Å².